The Labute approximate surface area is 140 Å². The Hall–Kier alpha value is -2.30. The first-order valence-electron chi connectivity index (χ1n) is 7.12. The molecule has 23 heavy (non-hydrogen) atoms. The van der Waals surface area contributed by atoms with Gasteiger partial charge in [0.05, 0.1) is 13.2 Å². The van der Waals surface area contributed by atoms with Gasteiger partial charge in [-0.2, -0.15) is 0 Å². The van der Waals surface area contributed by atoms with Crippen LogP contribution in [0.25, 0.3) is 6.08 Å². The molecule has 1 atom stereocenters. The summed E-state index contributed by atoms with van der Waals surface area (Å²) < 4.78 is 5.12. The number of aliphatic hydroxyl groups is 1. The number of carbonyl (C=O) groups is 1. The zero-order chi connectivity index (χ0) is 16.7. The van der Waals surface area contributed by atoms with Gasteiger partial charge < -0.3 is 15.2 Å². The fraction of sp³-hybridized carbons (Fsp3) is 0.167. The molecule has 2 N–H and O–H groups in total. The van der Waals surface area contributed by atoms with Crippen molar-refractivity contribution < 1.29 is 14.6 Å². The van der Waals surface area contributed by atoms with Crippen molar-refractivity contribution in [3.63, 3.8) is 0 Å². The maximum Gasteiger partial charge on any atom is 0.244 e. The van der Waals surface area contributed by atoms with Crippen LogP contribution in [0, 0.1) is 0 Å². The van der Waals surface area contributed by atoms with Gasteiger partial charge in [-0.1, -0.05) is 41.9 Å². The number of hydrogen-bond acceptors (Lipinski definition) is 3. The van der Waals surface area contributed by atoms with Crippen LogP contribution in [-0.2, 0) is 4.79 Å². The highest BCUT2D eigenvalue weighted by Crippen LogP contribution is 2.21. The number of benzene rings is 2. The summed E-state index contributed by atoms with van der Waals surface area (Å²) in [5, 5.41) is 13.2. The van der Waals surface area contributed by atoms with E-state index in [2.05, 4.69) is 5.32 Å². The largest absolute Gasteiger partial charge is 0.497 e. The number of halogens is 1. The number of hydrogen-bond donors (Lipinski definition) is 2. The molecule has 0 bridgehead atoms. The van der Waals surface area contributed by atoms with Gasteiger partial charge in [0, 0.05) is 23.2 Å². The molecule has 0 aliphatic rings. The van der Waals surface area contributed by atoms with Crippen LogP contribution >= 0.6 is 11.6 Å². The molecule has 0 radical (unpaired) electrons. The van der Waals surface area contributed by atoms with E-state index >= 15 is 0 Å². The smallest absolute Gasteiger partial charge is 0.244 e. The topological polar surface area (TPSA) is 58.6 Å². The van der Waals surface area contributed by atoms with Gasteiger partial charge in [0.1, 0.15) is 5.75 Å². The highest BCUT2D eigenvalue weighted by molar-refractivity contribution is 6.31. The molecule has 0 saturated carbocycles. The molecule has 1 unspecified atom stereocenters. The van der Waals surface area contributed by atoms with Gasteiger partial charge in [0.2, 0.25) is 5.91 Å². The van der Waals surface area contributed by atoms with Crippen LogP contribution in [0.5, 0.6) is 5.75 Å². The van der Waals surface area contributed by atoms with E-state index in [4.69, 9.17) is 16.3 Å². The highest BCUT2D eigenvalue weighted by atomic mass is 35.5. The summed E-state index contributed by atoms with van der Waals surface area (Å²) in [6.45, 7) is 0.0883. The average molecular weight is 332 g/mol. The molecule has 0 aromatic heterocycles. The standard InChI is InChI=1S/C18H18ClNO3/c1-23-14-6-4-5-13(11-14)9-10-18(22)20-12-17(21)15-7-2-3-8-16(15)19/h2-11,17,21H,12H2,1H3,(H,20,22)/b10-9+. The van der Waals surface area contributed by atoms with Gasteiger partial charge in [-0.15, -0.1) is 0 Å². The van der Waals surface area contributed by atoms with Gasteiger partial charge in [-0.25, -0.2) is 0 Å². The van der Waals surface area contributed by atoms with Crippen molar-refractivity contribution in [1.29, 1.82) is 0 Å². The van der Waals surface area contributed by atoms with Crippen LogP contribution in [0.1, 0.15) is 17.2 Å². The predicted molar refractivity (Wildman–Crippen MR) is 91.4 cm³/mol. The van der Waals surface area contributed by atoms with Gasteiger partial charge in [0.15, 0.2) is 0 Å². The second-order valence-electron chi connectivity index (χ2n) is 4.89. The van der Waals surface area contributed by atoms with Crippen molar-refractivity contribution in [2.75, 3.05) is 13.7 Å². The second-order valence-corrected chi connectivity index (χ2v) is 5.30. The van der Waals surface area contributed by atoms with E-state index in [1.54, 1.807) is 37.5 Å². The van der Waals surface area contributed by atoms with Gasteiger partial charge in [0.25, 0.3) is 0 Å². The first kappa shape index (κ1) is 17.1. The van der Waals surface area contributed by atoms with Gasteiger partial charge in [-0.05, 0) is 29.8 Å². The van der Waals surface area contributed by atoms with Crippen molar-refractivity contribution in [3.8, 4) is 5.75 Å². The van der Waals surface area contributed by atoms with Crippen LogP contribution in [0.4, 0.5) is 0 Å². The summed E-state index contributed by atoms with van der Waals surface area (Å²) in [7, 11) is 1.59. The zero-order valence-electron chi connectivity index (χ0n) is 12.7. The molecule has 0 aliphatic carbocycles. The summed E-state index contributed by atoms with van der Waals surface area (Å²) in [5.41, 5.74) is 1.44. The minimum Gasteiger partial charge on any atom is -0.497 e. The van der Waals surface area contributed by atoms with Crippen LogP contribution in [0.3, 0.4) is 0 Å². The first-order valence-corrected chi connectivity index (χ1v) is 7.50. The summed E-state index contributed by atoms with van der Waals surface area (Å²) in [4.78, 5) is 11.8. The molecule has 120 valence electrons. The van der Waals surface area contributed by atoms with Gasteiger partial charge in [-0.3, -0.25) is 4.79 Å². The third-order valence-corrected chi connectivity index (χ3v) is 3.60. The SMILES string of the molecule is COc1cccc(/C=C/C(=O)NCC(O)c2ccccc2Cl)c1. The summed E-state index contributed by atoms with van der Waals surface area (Å²) in [5.74, 6) is 0.431. The van der Waals surface area contributed by atoms with E-state index in [1.165, 1.54) is 6.08 Å². The molecule has 2 aromatic rings. The summed E-state index contributed by atoms with van der Waals surface area (Å²) in [6.07, 6.45) is 2.24. The zero-order valence-corrected chi connectivity index (χ0v) is 13.5. The van der Waals surface area contributed by atoms with Gasteiger partial charge >= 0.3 is 0 Å². The monoisotopic (exact) mass is 331 g/mol. The summed E-state index contributed by atoms with van der Waals surface area (Å²) >= 11 is 6.01. The maximum absolute atomic E-state index is 11.8. The van der Waals surface area contributed by atoms with Crippen LogP contribution in [0.2, 0.25) is 5.02 Å². The lowest BCUT2D eigenvalue weighted by molar-refractivity contribution is -0.116. The van der Waals surface area contributed by atoms with Crippen LogP contribution in [-0.4, -0.2) is 24.7 Å². The van der Waals surface area contributed by atoms with E-state index in [1.807, 2.05) is 24.3 Å². The summed E-state index contributed by atoms with van der Waals surface area (Å²) in [6, 6.07) is 14.4. The lowest BCUT2D eigenvalue weighted by atomic mass is 10.1. The Morgan fingerprint density at radius 3 is 2.83 bits per heavy atom. The van der Waals surface area contributed by atoms with E-state index in [-0.39, 0.29) is 12.5 Å². The molecule has 2 rings (SSSR count). The minimum atomic E-state index is -0.849. The Bertz CT molecular complexity index is 700. The number of aliphatic hydroxyl groups excluding tert-OH is 1. The van der Waals surface area contributed by atoms with Crippen molar-refractivity contribution in [2.24, 2.45) is 0 Å². The van der Waals surface area contributed by atoms with Crippen molar-refractivity contribution >= 4 is 23.6 Å². The quantitative estimate of drug-likeness (QED) is 0.799. The maximum atomic E-state index is 11.8. The molecule has 0 aliphatic heterocycles. The van der Waals surface area contributed by atoms with E-state index in [0.717, 1.165) is 11.3 Å². The lowest BCUT2D eigenvalue weighted by Gasteiger charge is -2.12. The normalized spacial score (nSPS) is 12.1. The molecule has 0 saturated heterocycles. The van der Waals surface area contributed by atoms with Crippen molar-refractivity contribution in [2.45, 2.75) is 6.10 Å². The van der Waals surface area contributed by atoms with Crippen molar-refractivity contribution in [3.05, 3.63) is 70.8 Å². The molecule has 0 heterocycles. The van der Waals surface area contributed by atoms with E-state index in [0.29, 0.717) is 10.6 Å². The number of methoxy groups -OCH3 is 1. The Morgan fingerprint density at radius 1 is 1.30 bits per heavy atom. The Morgan fingerprint density at radius 2 is 2.09 bits per heavy atom. The minimum absolute atomic E-state index is 0.0883. The molecule has 5 heteroatoms. The second kappa shape index (κ2) is 8.36. The molecular weight excluding hydrogens is 314 g/mol. The fourth-order valence-corrected chi connectivity index (χ4v) is 2.29. The van der Waals surface area contributed by atoms with Crippen LogP contribution < -0.4 is 10.1 Å². The molecule has 2 aromatic carbocycles. The van der Waals surface area contributed by atoms with E-state index < -0.39 is 6.10 Å². The third-order valence-electron chi connectivity index (χ3n) is 3.25. The average Bonchev–Trinajstić information content (AvgIpc) is 2.58. The molecule has 0 fully saturated rings. The molecular formula is C18H18ClNO3. The highest BCUT2D eigenvalue weighted by Gasteiger charge is 2.11. The number of carbonyl (C=O) groups excluding carboxylic acids is 1. The van der Waals surface area contributed by atoms with Crippen molar-refractivity contribution in [1.82, 2.24) is 5.32 Å². The van der Waals surface area contributed by atoms with E-state index in [9.17, 15) is 9.90 Å². The predicted octanol–water partition coefficient (Wildman–Crippen LogP) is 3.21. The Balaban J connectivity index is 1.89. The molecule has 0 spiro atoms. The van der Waals surface area contributed by atoms with Crippen LogP contribution in [0.15, 0.2) is 54.6 Å². The molecule has 1 amide bonds. The molecule has 4 nitrogen and oxygen atoms in total. The number of rotatable bonds is 6. The third kappa shape index (κ3) is 5.13. The fourth-order valence-electron chi connectivity index (χ4n) is 2.03. The Kier molecular flexibility index (Phi) is 6.20. The number of nitrogens with one attached hydrogen (secondary N) is 1. The number of ether oxygens (including phenoxy) is 1. The first-order chi connectivity index (χ1) is 11.1. The lowest BCUT2D eigenvalue weighted by Crippen LogP contribution is -2.26. The number of amides is 1.